The van der Waals surface area contributed by atoms with Gasteiger partial charge in [0.15, 0.2) is 5.69 Å². The van der Waals surface area contributed by atoms with Crippen LogP contribution in [0.2, 0.25) is 0 Å². The zero-order valence-electron chi connectivity index (χ0n) is 12.8. The van der Waals surface area contributed by atoms with Crippen LogP contribution in [0.3, 0.4) is 0 Å². The Morgan fingerprint density at radius 1 is 1.14 bits per heavy atom. The van der Waals surface area contributed by atoms with Crippen molar-refractivity contribution in [1.82, 2.24) is 9.78 Å². The Balaban J connectivity index is 1.87. The number of esters is 1. The molecule has 1 aromatic carbocycles. The van der Waals surface area contributed by atoms with E-state index < -0.39 is 5.97 Å². The van der Waals surface area contributed by atoms with Gasteiger partial charge < -0.3 is 9.47 Å². The van der Waals surface area contributed by atoms with Gasteiger partial charge in [0.2, 0.25) is 0 Å². The molecule has 0 fully saturated rings. The zero-order valence-corrected chi connectivity index (χ0v) is 12.8. The molecule has 0 aliphatic carbocycles. The van der Waals surface area contributed by atoms with Crippen LogP contribution >= 0.6 is 0 Å². The minimum atomic E-state index is -0.583. The van der Waals surface area contributed by atoms with Gasteiger partial charge in [-0.1, -0.05) is 18.2 Å². The predicted molar refractivity (Wildman–Crippen MR) is 81.2 cm³/mol. The molecule has 0 saturated carbocycles. The number of nitrogens with zero attached hydrogens (tertiary/aromatic N) is 2. The van der Waals surface area contributed by atoms with Crippen LogP contribution in [0.4, 0.5) is 0 Å². The molecular formula is C16H18N2O4. The first-order chi connectivity index (χ1) is 10.5. The van der Waals surface area contributed by atoms with Gasteiger partial charge in [0.05, 0.1) is 0 Å². The second-order valence-corrected chi connectivity index (χ2v) is 4.89. The quantitative estimate of drug-likeness (QED) is 0.620. The molecule has 0 unspecified atom stereocenters. The number of carbonyl (C=O) groups excluding carboxylic acids is 1. The number of ether oxygens (including phenoxy) is 2. The maximum absolute atomic E-state index is 11.8. The van der Waals surface area contributed by atoms with Crippen molar-refractivity contribution in [2.24, 2.45) is 7.05 Å². The summed E-state index contributed by atoms with van der Waals surface area (Å²) >= 11 is 0. The van der Waals surface area contributed by atoms with Gasteiger partial charge in [-0.05, 0) is 31.0 Å². The van der Waals surface area contributed by atoms with Crippen molar-refractivity contribution in [1.29, 1.82) is 0 Å². The second-order valence-electron chi connectivity index (χ2n) is 4.89. The van der Waals surface area contributed by atoms with Crippen molar-refractivity contribution >= 4 is 5.97 Å². The molecule has 22 heavy (non-hydrogen) atoms. The average Bonchev–Trinajstić information content (AvgIpc) is 2.48. The molecule has 0 bridgehead atoms. The fourth-order valence-electron chi connectivity index (χ4n) is 1.99. The Morgan fingerprint density at radius 3 is 2.45 bits per heavy atom. The van der Waals surface area contributed by atoms with Gasteiger partial charge in [-0.25, -0.2) is 9.48 Å². The Kier molecular flexibility index (Phi) is 4.93. The maximum atomic E-state index is 11.8. The van der Waals surface area contributed by atoms with Crippen molar-refractivity contribution < 1.29 is 14.3 Å². The Morgan fingerprint density at radius 2 is 1.82 bits per heavy atom. The fourth-order valence-corrected chi connectivity index (χ4v) is 1.99. The third-order valence-electron chi connectivity index (χ3n) is 3.14. The lowest BCUT2D eigenvalue weighted by molar-refractivity contribution is 0.0440. The van der Waals surface area contributed by atoms with Gasteiger partial charge in [-0.3, -0.25) is 4.79 Å². The maximum Gasteiger partial charge on any atom is 0.358 e. The molecule has 6 heteroatoms. The zero-order chi connectivity index (χ0) is 16.1. The summed E-state index contributed by atoms with van der Waals surface area (Å²) < 4.78 is 11.8. The number of aromatic nitrogens is 2. The van der Waals surface area contributed by atoms with Crippen LogP contribution in [0.25, 0.3) is 0 Å². The number of para-hydroxylation sites is 1. The highest BCUT2D eigenvalue weighted by Gasteiger charge is 2.10. The minimum absolute atomic E-state index is 0.0918. The van der Waals surface area contributed by atoms with Gasteiger partial charge in [0.1, 0.15) is 19.0 Å². The van der Waals surface area contributed by atoms with Gasteiger partial charge in [-0.15, -0.1) is 0 Å². The van der Waals surface area contributed by atoms with Gasteiger partial charge in [0.25, 0.3) is 5.56 Å². The number of hydrogen-bond donors (Lipinski definition) is 0. The van der Waals surface area contributed by atoms with E-state index in [9.17, 15) is 9.59 Å². The molecule has 1 aromatic heterocycles. The first kappa shape index (κ1) is 15.8. The molecule has 0 radical (unpaired) electrons. The van der Waals surface area contributed by atoms with Crippen LogP contribution in [-0.4, -0.2) is 29.0 Å². The molecule has 1 heterocycles. The van der Waals surface area contributed by atoms with Crippen LogP contribution in [0.15, 0.2) is 35.1 Å². The summed E-state index contributed by atoms with van der Waals surface area (Å²) in [7, 11) is 1.48. The molecule has 6 nitrogen and oxygen atoms in total. The number of carbonyl (C=O) groups is 1. The first-order valence-corrected chi connectivity index (χ1v) is 6.89. The lowest BCUT2D eigenvalue weighted by atomic mass is 10.1. The Hall–Kier alpha value is -2.63. The number of aryl methyl sites for hydroxylation is 3. The Bertz CT molecular complexity index is 717. The highest BCUT2D eigenvalue weighted by molar-refractivity contribution is 5.86. The summed E-state index contributed by atoms with van der Waals surface area (Å²) in [5, 5.41) is 3.83. The molecule has 0 atom stereocenters. The highest BCUT2D eigenvalue weighted by Crippen LogP contribution is 2.21. The van der Waals surface area contributed by atoms with E-state index in [0.29, 0.717) is 0 Å². The van der Waals surface area contributed by atoms with E-state index in [1.54, 1.807) is 0 Å². The molecule has 116 valence electrons. The van der Waals surface area contributed by atoms with Gasteiger partial charge in [-0.2, -0.15) is 5.10 Å². The predicted octanol–water partition coefficient (Wildman–Crippen LogP) is 1.63. The lowest BCUT2D eigenvalue weighted by Gasteiger charge is -2.12. The molecule has 0 saturated heterocycles. The largest absolute Gasteiger partial charge is 0.489 e. The van der Waals surface area contributed by atoms with Crippen molar-refractivity contribution in [3.05, 3.63) is 57.5 Å². The summed E-state index contributed by atoms with van der Waals surface area (Å²) in [6.45, 7) is 4.28. The van der Waals surface area contributed by atoms with E-state index in [1.165, 1.54) is 19.2 Å². The normalized spacial score (nSPS) is 10.3. The third kappa shape index (κ3) is 3.72. The number of rotatable bonds is 5. The van der Waals surface area contributed by atoms with Crippen LogP contribution in [0.5, 0.6) is 5.75 Å². The summed E-state index contributed by atoms with van der Waals surface area (Å²) in [6.07, 6.45) is 0. The van der Waals surface area contributed by atoms with E-state index >= 15 is 0 Å². The van der Waals surface area contributed by atoms with E-state index in [4.69, 9.17) is 9.47 Å². The van der Waals surface area contributed by atoms with E-state index in [2.05, 4.69) is 5.10 Å². The molecule has 2 rings (SSSR count). The van der Waals surface area contributed by atoms with Gasteiger partial charge in [0, 0.05) is 13.1 Å². The molecule has 0 N–H and O–H groups in total. The Labute approximate surface area is 128 Å². The molecule has 0 spiro atoms. The van der Waals surface area contributed by atoms with Crippen molar-refractivity contribution in [3.63, 3.8) is 0 Å². The summed E-state index contributed by atoms with van der Waals surface area (Å²) in [6, 6.07) is 8.50. The van der Waals surface area contributed by atoms with E-state index in [1.807, 2.05) is 32.0 Å². The highest BCUT2D eigenvalue weighted by atomic mass is 16.6. The van der Waals surface area contributed by atoms with Crippen LogP contribution in [0, 0.1) is 13.8 Å². The monoisotopic (exact) mass is 302 g/mol. The number of benzene rings is 1. The first-order valence-electron chi connectivity index (χ1n) is 6.89. The van der Waals surface area contributed by atoms with E-state index in [0.717, 1.165) is 21.6 Å². The smallest absolute Gasteiger partial charge is 0.358 e. The van der Waals surface area contributed by atoms with Crippen LogP contribution in [0.1, 0.15) is 21.6 Å². The standard InChI is InChI=1S/C16H18N2O4/c1-11-5-4-6-12(2)15(11)21-9-10-22-16(20)13-7-8-14(19)18(3)17-13/h4-8H,9-10H2,1-3H3. The molecule has 0 aliphatic rings. The van der Waals surface area contributed by atoms with Crippen LogP contribution in [-0.2, 0) is 11.8 Å². The second kappa shape index (κ2) is 6.89. The molecule has 2 aromatic rings. The summed E-state index contributed by atoms with van der Waals surface area (Å²) in [4.78, 5) is 23.0. The van der Waals surface area contributed by atoms with Crippen molar-refractivity contribution in [3.8, 4) is 5.75 Å². The third-order valence-corrected chi connectivity index (χ3v) is 3.14. The topological polar surface area (TPSA) is 70.4 Å². The molecular weight excluding hydrogens is 284 g/mol. The van der Waals surface area contributed by atoms with Gasteiger partial charge >= 0.3 is 5.97 Å². The lowest BCUT2D eigenvalue weighted by Crippen LogP contribution is -2.22. The average molecular weight is 302 g/mol. The minimum Gasteiger partial charge on any atom is -0.489 e. The van der Waals surface area contributed by atoms with Crippen LogP contribution < -0.4 is 10.3 Å². The number of hydrogen-bond acceptors (Lipinski definition) is 5. The summed E-state index contributed by atoms with van der Waals surface area (Å²) in [5.74, 6) is 0.222. The fraction of sp³-hybridized carbons (Fsp3) is 0.312. The van der Waals surface area contributed by atoms with Crippen molar-refractivity contribution in [2.75, 3.05) is 13.2 Å². The van der Waals surface area contributed by atoms with E-state index in [-0.39, 0.29) is 24.5 Å². The summed E-state index contributed by atoms with van der Waals surface area (Å²) in [5.41, 5.74) is 1.88. The SMILES string of the molecule is Cc1cccc(C)c1OCCOC(=O)c1ccc(=O)n(C)n1. The molecule has 0 amide bonds. The molecule has 0 aliphatic heterocycles. The van der Waals surface area contributed by atoms with Crippen molar-refractivity contribution in [2.45, 2.75) is 13.8 Å².